The predicted molar refractivity (Wildman–Crippen MR) is 59.0 cm³/mol. The minimum absolute atomic E-state index is 0.0664. The number of allylic oxidation sites excluding steroid dienone is 2. The first-order valence-corrected chi connectivity index (χ1v) is 5.36. The standard InChI is InChI=1S/C12H21NO/c1-9-5-7-11(8-6-9)12(3,4)13-10(2)14/h5,11H,6-8H2,1-4H3,(H,13,14)/t11-/m0/s1. The molecule has 1 atom stereocenters. The van der Waals surface area contributed by atoms with Crippen molar-refractivity contribution in [1.82, 2.24) is 5.32 Å². The first-order chi connectivity index (χ1) is 6.42. The van der Waals surface area contributed by atoms with Crippen LogP contribution in [0.25, 0.3) is 0 Å². The van der Waals surface area contributed by atoms with Gasteiger partial charge in [-0.1, -0.05) is 11.6 Å². The molecule has 0 fully saturated rings. The van der Waals surface area contributed by atoms with E-state index in [2.05, 4.69) is 32.2 Å². The molecular weight excluding hydrogens is 174 g/mol. The third kappa shape index (κ3) is 2.86. The molecule has 1 aliphatic rings. The molecule has 14 heavy (non-hydrogen) atoms. The number of nitrogens with one attached hydrogen (secondary N) is 1. The Bertz CT molecular complexity index is 253. The van der Waals surface area contributed by atoms with Crippen LogP contribution in [0.15, 0.2) is 11.6 Å². The van der Waals surface area contributed by atoms with Crippen LogP contribution in [0.2, 0.25) is 0 Å². The van der Waals surface area contributed by atoms with Crippen molar-refractivity contribution in [3.63, 3.8) is 0 Å². The van der Waals surface area contributed by atoms with Crippen LogP contribution in [0.3, 0.4) is 0 Å². The van der Waals surface area contributed by atoms with Crippen LogP contribution < -0.4 is 5.32 Å². The Labute approximate surface area is 86.8 Å². The van der Waals surface area contributed by atoms with Crippen molar-refractivity contribution in [3.8, 4) is 0 Å². The Hall–Kier alpha value is -0.790. The van der Waals surface area contributed by atoms with Crippen LogP contribution in [-0.2, 0) is 4.79 Å². The quantitative estimate of drug-likeness (QED) is 0.674. The number of hydrogen-bond donors (Lipinski definition) is 1. The molecule has 0 aromatic carbocycles. The predicted octanol–water partition coefficient (Wildman–Crippen LogP) is 2.65. The third-order valence-electron chi connectivity index (χ3n) is 3.16. The zero-order valence-electron chi connectivity index (χ0n) is 9.68. The van der Waals surface area contributed by atoms with E-state index in [1.54, 1.807) is 6.92 Å². The van der Waals surface area contributed by atoms with Gasteiger partial charge in [-0.25, -0.2) is 0 Å². The Morgan fingerprint density at radius 2 is 2.21 bits per heavy atom. The van der Waals surface area contributed by atoms with Crippen LogP contribution in [-0.4, -0.2) is 11.4 Å². The second-order valence-corrected chi connectivity index (χ2v) is 4.92. The summed E-state index contributed by atoms with van der Waals surface area (Å²) in [5.74, 6) is 0.649. The highest BCUT2D eigenvalue weighted by atomic mass is 16.1. The molecule has 80 valence electrons. The zero-order valence-corrected chi connectivity index (χ0v) is 9.68. The third-order valence-corrected chi connectivity index (χ3v) is 3.16. The van der Waals surface area contributed by atoms with Crippen LogP contribution in [0, 0.1) is 5.92 Å². The first-order valence-electron chi connectivity index (χ1n) is 5.36. The summed E-state index contributed by atoms with van der Waals surface area (Å²) in [6.45, 7) is 8.01. The Morgan fingerprint density at radius 1 is 1.57 bits per heavy atom. The van der Waals surface area contributed by atoms with E-state index in [-0.39, 0.29) is 11.4 Å². The summed E-state index contributed by atoms with van der Waals surface area (Å²) in [6, 6.07) is 0. The SMILES string of the molecule is CC(=O)NC(C)(C)[C@H]1CC=C(C)CC1. The monoisotopic (exact) mass is 195 g/mol. The molecule has 1 aliphatic carbocycles. The van der Waals surface area contributed by atoms with Gasteiger partial charge < -0.3 is 5.32 Å². The maximum absolute atomic E-state index is 11.0. The number of carbonyl (C=O) groups excluding carboxylic acids is 1. The molecule has 2 nitrogen and oxygen atoms in total. The minimum Gasteiger partial charge on any atom is -0.351 e. The van der Waals surface area contributed by atoms with E-state index in [0.29, 0.717) is 5.92 Å². The van der Waals surface area contributed by atoms with E-state index in [4.69, 9.17) is 0 Å². The van der Waals surface area contributed by atoms with E-state index in [1.165, 1.54) is 18.4 Å². The van der Waals surface area contributed by atoms with Crippen LogP contribution >= 0.6 is 0 Å². The fraction of sp³-hybridized carbons (Fsp3) is 0.750. The molecule has 0 aromatic rings. The molecule has 0 aliphatic heterocycles. The number of rotatable bonds is 2. The van der Waals surface area contributed by atoms with Crippen LogP contribution in [0.1, 0.15) is 47.0 Å². The molecule has 1 N–H and O–H groups in total. The Balaban J connectivity index is 2.60. The second kappa shape index (κ2) is 4.16. The average Bonchev–Trinajstić information content (AvgIpc) is 2.02. The van der Waals surface area contributed by atoms with E-state index in [0.717, 1.165) is 6.42 Å². The molecule has 0 heterocycles. The lowest BCUT2D eigenvalue weighted by atomic mass is 9.77. The lowest BCUT2D eigenvalue weighted by Gasteiger charge is -2.36. The van der Waals surface area contributed by atoms with Gasteiger partial charge in [-0.05, 0) is 46.0 Å². The van der Waals surface area contributed by atoms with Gasteiger partial charge in [0.05, 0.1) is 0 Å². The highest BCUT2D eigenvalue weighted by Crippen LogP contribution is 2.31. The molecule has 0 saturated carbocycles. The summed E-state index contributed by atoms with van der Waals surface area (Å²) >= 11 is 0. The zero-order chi connectivity index (χ0) is 10.8. The fourth-order valence-corrected chi connectivity index (χ4v) is 2.18. The van der Waals surface area contributed by atoms with E-state index >= 15 is 0 Å². The smallest absolute Gasteiger partial charge is 0.217 e. The normalized spacial score (nSPS) is 22.9. The molecule has 1 amide bonds. The molecule has 0 unspecified atom stereocenters. The summed E-state index contributed by atoms with van der Waals surface area (Å²) < 4.78 is 0. The van der Waals surface area contributed by atoms with E-state index in [1.807, 2.05) is 0 Å². The lowest BCUT2D eigenvalue weighted by Crippen LogP contribution is -2.48. The van der Waals surface area contributed by atoms with Crippen molar-refractivity contribution < 1.29 is 4.79 Å². The van der Waals surface area contributed by atoms with Gasteiger partial charge in [0.15, 0.2) is 0 Å². The first kappa shape index (κ1) is 11.3. The van der Waals surface area contributed by atoms with Gasteiger partial charge in [0, 0.05) is 12.5 Å². The second-order valence-electron chi connectivity index (χ2n) is 4.92. The Morgan fingerprint density at radius 3 is 2.64 bits per heavy atom. The molecular formula is C12H21NO. The molecule has 2 heteroatoms. The van der Waals surface area contributed by atoms with Crippen molar-refractivity contribution >= 4 is 5.91 Å². The summed E-state index contributed by atoms with van der Waals surface area (Å²) in [5.41, 5.74) is 1.42. The molecule has 0 radical (unpaired) electrons. The maximum atomic E-state index is 11.0. The topological polar surface area (TPSA) is 29.1 Å². The molecule has 0 spiro atoms. The molecule has 0 aromatic heterocycles. The van der Waals surface area contributed by atoms with Gasteiger partial charge >= 0.3 is 0 Å². The molecule has 0 bridgehead atoms. The largest absolute Gasteiger partial charge is 0.351 e. The van der Waals surface area contributed by atoms with Crippen molar-refractivity contribution in [2.24, 2.45) is 5.92 Å². The summed E-state index contributed by atoms with van der Waals surface area (Å²) in [4.78, 5) is 11.0. The Kier molecular flexibility index (Phi) is 3.35. The molecule has 0 saturated heterocycles. The van der Waals surface area contributed by atoms with Gasteiger partial charge in [-0.15, -0.1) is 0 Å². The van der Waals surface area contributed by atoms with Gasteiger partial charge in [-0.3, -0.25) is 4.79 Å². The summed E-state index contributed by atoms with van der Waals surface area (Å²) in [5, 5.41) is 3.04. The summed E-state index contributed by atoms with van der Waals surface area (Å²) in [6.07, 6.45) is 5.76. The lowest BCUT2D eigenvalue weighted by molar-refractivity contribution is -0.121. The number of carbonyl (C=O) groups is 1. The van der Waals surface area contributed by atoms with Crippen molar-refractivity contribution in [2.75, 3.05) is 0 Å². The highest BCUT2D eigenvalue weighted by molar-refractivity contribution is 5.73. The van der Waals surface area contributed by atoms with Gasteiger partial charge in [0.25, 0.3) is 0 Å². The van der Waals surface area contributed by atoms with E-state index in [9.17, 15) is 4.79 Å². The van der Waals surface area contributed by atoms with Crippen molar-refractivity contribution in [2.45, 2.75) is 52.5 Å². The maximum Gasteiger partial charge on any atom is 0.217 e. The van der Waals surface area contributed by atoms with Crippen LogP contribution in [0.4, 0.5) is 0 Å². The fourth-order valence-electron chi connectivity index (χ4n) is 2.18. The minimum atomic E-state index is -0.0664. The van der Waals surface area contributed by atoms with Crippen LogP contribution in [0.5, 0.6) is 0 Å². The van der Waals surface area contributed by atoms with Crippen molar-refractivity contribution in [1.29, 1.82) is 0 Å². The summed E-state index contributed by atoms with van der Waals surface area (Å²) in [7, 11) is 0. The van der Waals surface area contributed by atoms with Gasteiger partial charge in [-0.2, -0.15) is 0 Å². The molecule has 1 rings (SSSR count). The highest BCUT2D eigenvalue weighted by Gasteiger charge is 2.30. The van der Waals surface area contributed by atoms with Gasteiger partial charge in [0.2, 0.25) is 5.91 Å². The number of amides is 1. The van der Waals surface area contributed by atoms with Crippen molar-refractivity contribution in [3.05, 3.63) is 11.6 Å². The van der Waals surface area contributed by atoms with E-state index < -0.39 is 0 Å². The average molecular weight is 195 g/mol. The van der Waals surface area contributed by atoms with Gasteiger partial charge in [0.1, 0.15) is 0 Å². The number of hydrogen-bond acceptors (Lipinski definition) is 1.